The van der Waals surface area contributed by atoms with Crippen LogP contribution >= 0.6 is 11.3 Å². The summed E-state index contributed by atoms with van der Waals surface area (Å²) in [5.41, 5.74) is 3.81. The van der Waals surface area contributed by atoms with Gasteiger partial charge < -0.3 is 4.57 Å². The molecule has 1 aliphatic heterocycles. The van der Waals surface area contributed by atoms with Gasteiger partial charge in [-0.3, -0.25) is 4.79 Å². The summed E-state index contributed by atoms with van der Waals surface area (Å²) in [7, 11) is -3.53. The van der Waals surface area contributed by atoms with Crippen molar-refractivity contribution < 1.29 is 13.2 Å². The Morgan fingerprint density at radius 2 is 1.59 bits per heavy atom. The Kier molecular flexibility index (Phi) is 6.65. The molecule has 1 saturated heterocycles. The molecule has 0 saturated carbocycles. The van der Waals surface area contributed by atoms with Gasteiger partial charge in [-0.05, 0) is 69.0 Å². The van der Waals surface area contributed by atoms with Gasteiger partial charge in [0.05, 0.1) is 15.1 Å². The van der Waals surface area contributed by atoms with E-state index in [-0.39, 0.29) is 10.8 Å². The van der Waals surface area contributed by atoms with E-state index in [1.165, 1.54) is 23.5 Å². The van der Waals surface area contributed by atoms with Crippen LogP contribution in [0.15, 0.2) is 46.3 Å². The number of thiazole rings is 1. The van der Waals surface area contributed by atoms with Crippen molar-refractivity contribution in [3.63, 3.8) is 0 Å². The molecule has 8 heteroatoms. The third-order valence-electron chi connectivity index (χ3n) is 6.04. The smallest absolute Gasteiger partial charge is 0.279 e. The number of benzene rings is 2. The summed E-state index contributed by atoms with van der Waals surface area (Å²) in [6, 6.07) is 10.4. The van der Waals surface area contributed by atoms with E-state index in [4.69, 9.17) is 0 Å². The fraction of sp³-hybridized carbons (Fsp3) is 0.417. The molecule has 1 aromatic heterocycles. The highest BCUT2D eigenvalue weighted by atomic mass is 32.2. The van der Waals surface area contributed by atoms with E-state index < -0.39 is 10.0 Å². The largest absolute Gasteiger partial charge is 0.316 e. The highest BCUT2D eigenvalue weighted by molar-refractivity contribution is 7.89. The van der Waals surface area contributed by atoms with Crippen LogP contribution in [0.3, 0.4) is 0 Å². The number of amides is 1. The zero-order valence-electron chi connectivity index (χ0n) is 18.8. The van der Waals surface area contributed by atoms with Crippen LogP contribution < -0.4 is 4.80 Å². The molecule has 0 bridgehead atoms. The van der Waals surface area contributed by atoms with Crippen molar-refractivity contribution in [3.05, 3.63) is 57.9 Å². The second-order valence-corrected chi connectivity index (χ2v) is 11.2. The van der Waals surface area contributed by atoms with E-state index in [9.17, 15) is 13.2 Å². The fourth-order valence-corrected chi connectivity index (χ4v) is 6.96. The minimum atomic E-state index is -3.53. The van der Waals surface area contributed by atoms with Crippen molar-refractivity contribution in [2.75, 3.05) is 13.1 Å². The average Bonchev–Trinajstić information content (AvgIpc) is 2.95. The topological polar surface area (TPSA) is 71.7 Å². The fourth-order valence-electron chi connectivity index (χ4n) is 4.21. The first-order valence-electron chi connectivity index (χ1n) is 11.1. The molecule has 32 heavy (non-hydrogen) atoms. The number of aryl methyl sites for hydroxylation is 3. The molecular weight excluding hydrogens is 442 g/mol. The first-order valence-corrected chi connectivity index (χ1v) is 13.4. The summed E-state index contributed by atoms with van der Waals surface area (Å²) in [5.74, 6) is -0.368. The lowest BCUT2D eigenvalue weighted by molar-refractivity contribution is 0.0997. The molecule has 0 spiro atoms. The molecule has 170 valence electrons. The van der Waals surface area contributed by atoms with E-state index >= 15 is 0 Å². The van der Waals surface area contributed by atoms with E-state index in [1.54, 1.807) is 16.4 Å². The Hall–Kier alpha value is -2.29. The Morgan fingerprint density at radius 3 is 2.22 bits per heavy atom. The van der Waals surface area contributed by atoms with E-state index in [1.807, 2.05) is 6.92 Å². The maximum Gasteiger partial charge on any atom is 0.279 e. The molecule has 0 atom stereocenters. The summed E-state index contributed by atoms with van der Waals surface area (Å²) in [6.45, 7) is 7.99. The van der Waals surface area contributed by atoms with Crippen LogP contribution in [0.1, 0.15) is 54.1 Å². The zero-order valence-corrected chi connectivity index (χ0v) is 20.4. The number of carbonyl (C=O) groups is 1. The normalized spacial score (nSPS) is 16.4. The highest BCUT2D eigenvalue weighted by Gasteiger charge is 2.25. The van der Waals surface area contributed by atoms with Gasteiger partial charge in [0.25, 0.3) is 5.91 Å². The van der Waals surface area contributed by atoms with Gasteiger partial charge in [-0.25, -0.2) is 8.42 Å². The Morgan fingerprint density at radius 1 is 0.969 bits per heavy atom. The number of sulfonamides is 1. The van der Waals surface area contributed by atoms with Crippen molar-refractivity contribution in [1.29, 1.82) is 0 Å². The molecule has 4 rings (SSSR count). The minimum absolute atomic E-state index is 0.229. The lowest BCUT2D eigenvalue weighted by Crippen LogP contribution is -2.31. The van der Waals surface area contributed by atoms with Crippen molar-refractivity contribution in [3.8, 4) is 0 Å². The van der Waals surface area contributed by atoms with Gasteiger partial charge >= 0.3 is 0 Å². The molecule has 6 nitrogen and oxygen atoms in total. The second kappa shape index (κ2) is 9.29. The molecule has 1 aliphatic rings. The van der Waals surface area contributed by atoms with Crippen molar-refractivity contribution in [2.45, 2.75) is 57.9 Å². The van der Waals surface area contributed by atoms with Gasteiger partial charge in [-0.2, -0.15) is 9.30 Å². The van der Waals surface area contributed by atoms with Gasteiger partial charge in [-0.15, -0.1) is 0 Å². The molecule has 0 unspecified atom stereocenters. The number of hydrogen-bond acceptors (Lipinski definition) is 4. The molecule has 3 aromatic rings. The zero-order chi connectivity index (χ0) is 22.9. The Balaban J connectivity index is 1.66. The Labute approximate surface area is 193 Å². The van der Waals surface area contributed by atoms with Crippen LogP contribution in [-0.4, -0.2) is 36.3 Å². The summed E-state index contributed by atoms with van der Waals surface area (Å²) in [6.07, 6.45) is 3.91. The second-order valence-electron chi connectivity index (χ2n) is 8.27. The third-order valence-corrected chi connectivity index (χ3v) is 9.17. The highest BCUT2D eigenvalue weighted by Crippen LogP contribution is 2.25. The van der Waals surface area contributed by atoms with Crippen molar-refractivity contribution >= 4 is 37.5 Å². The predicted molar refractivity (Wildman–Crippen MR) is 129 cm³/mol. The number of nitrogens with zero attached hydrogens (tertiary/aromatic N) is 3. The number of fused-ring (bicyclic) bond motifs is 1. The Bertz CT molecular complexity index is 1310. The predicted octanol–water partition coefficient (Wildman–Crippen LogP) is 4.65. The standard InChI is InChI=1S/C24H29N3O3S2/c1-4-27-21-17(2)9-10-18(3)22(21)31-24(27)25-23(28)19-11-13-20(14-12-19)32(29,30)26-15-7-5-6-8-16-26/h9-14H,4-8,15-16H2,1-3H3. The van der Waals surface area contributed by atoms with Crippen LogP contribution in [0.2, 0.25) is 0 Å². The molecule has 0 radical (unpaired) electrons. The number of aromatic nitrogens is 1. The average molecular weight is 472 g/mol. The molecule has 0 N–H and O–H groups in total. The lowest BCUT2D eigenvalue weighted by Gasteiger charge is -2.19. The molecular formula is C24H29N3O3S2. The van der Waals surface area contributed by atoms with Crippen LogP contribution in [-0.2, 0) is 16.6 Å². The van der Waals surface area contributed by atoms with E-state index in [0.29, 0.717) is 30.0 Å². The van der Waals surface area contributed by atoms with Crippen LogP contribution in [0.4, 0.5) is 0 Å². The summed E-state index contributed by atoms with van der Waals surface area (Å²) >= 11 is 1.51. The number of carbonyl (C=O) groups excluding carboxylic acids is 1. The molecule has 0 aliphatic carbocycles. The summed E-state index contributed by atoms with van der Waals surface area (Å²) in [4.78, 5) is 18.2. The van der Waals surface area contributed by atoms with E-state index in [0.717, 1.165) is 47.0 Å². The van der Waals surface area contributed by atoms with Gasteiger partial charge in [-0.1, -0.05) is 36.3 Å². The van der Waals surface area contributed by atoms with Gasteiger partial charge in [0, 0.05) is 25.2 Å². The van der Waals surface area contributed by atoms with Crippen LogP contribution in [0.5, 0.6) is 0 Å². The van der Waals surface area contributed by atoms with Gasteiger partial charge in [0.1, 0.15) is 0 Å². The maximum absolute atomic E-state index is 13.0. The number of hydrogen-bond donors (Lipinski definition) is 0. The summed E-state index contributed by atoms with van der Waals surface area (Å²) < 4.78 is 30.7. The first kappa shape index (κ1) is 22.9. The molecule has 1 amide bonds. The van der Waals surface area contributed by atoms with Gasteiger partial charge in [0.2, 0.25) is 10.0 Å². The summed E-state index contributed by atoms with van der Waals surface area (Å²) in [5, 5.41) is 0. The maximum atomic E-state index is 13.0. The van der Waals surface area contributed by atoms with Gasteiger partial charge in [0.15, 0.2) is 4.80 Å². The minimum Gasteiger partial charge on any atom is -0.316 e. The van der Waals surface area contributed by atoms with Crippen molar-refractivity contribution in [2.24, 2.45) is 4.99 Å². The molecule has 1 fully saturated rings. The van der Waals surface area contributed by atoms with Crippen LogP contribution in [0, 0.1) is 13.8 Å². The molecule has 2 heterocycles. The molecule has 2 aromatic carbocycles. The number of rotatable bonds is 4. The lowest BCUT2D eigenvalue weighted by atomic mass is 10.1. The van der Waals surface area contributed by atoms with E-state index in [2.05, 4.69) is 35.5 Å². The van der Waals surface area contributed by atoms with Crippen LogP contribution in [0.25, 0.3) is 10.2 Å². The SMILES string of the molecule is CCn1c(=NC(=O)c2ccc(S(=O)(=O)N3CCCCCC3)cc2)sc2c(C)ccc(C)c21. The van der Waals surface area contributed by atoms with Crippen molar-refractivity contribution in [1.82, 2.24) is 8.87 Å². The third kappa shape index (κ3) is 4.31. The quantitative estimate of drug-likeness (QED) is 0.556. The monoisotopic (exact) mass is 471 g/mol. The first-order chi connectivity index (χ1) is 15.3.